The highest BCUT2D eigenvalue weighted by Gasteiger charge is 2.62. The van der Waals surface area contributed by atoms with Crippen molar-refractivity contribution in [1.82, 2.24) is 4.90 Å². The summed E-state index contributed by atoms with van der Waals surface area (Å²) in [6, 6.07) is 9.11. The largest absolute Gasteiger partial charge is 0.444 e. The fourth-order valence-electron chi connectivity index (χ4n) is 8.64. The van der Waals surface area contributed by atoms with Crippen LogP contribution in [0, 0.1) is 27.6 Å². The van der Waals surface area contributed by atoms with E-state index in [9.17, 15) is 9.59 Å². The van der Waals surface area contributed by atoms with Crippen LogP contribution in [0.4, 0.5) is 4.79 Å². The van der Waals surface area contributed by atoms with Crippen LogP contribution in [0.3, 0.4) is 0 Å². The van der Waals surface area contributed by atoms with Crippen LogP contribution >= 0.6 is 0 Å². The average molecular weight is 454 g/mol. The predicted octanol–water partition coefficient (Wildman–Crippen LogP) is 6.31. The zero-order valence-electron chi connectivity index (χ0n) is 20.9. The van der Waals surface area contributed by atoms with Crippen molar-refractivity contribution in [3.63, 3.8) is 0 Å². The Kier molecular flexibility index (Phi) is 5.15. The van der Waals surface area contributed by atoms with Crippen LogP contribution in [0.25, 0.3) is 0 Å². The van der Waals surface area contributed by atoms with Gasteiger partial charge in [-0.25, -0.2) is 9.59 Å². The van der Waals surface area contributed by atoms with Crippen LogP contribution < -0.4 is 0 Å². The molecule has 5 aliphatic rings. The average Bonchev–Trinajstić information content (AvgIpc) is 3.00. The molecule has 1 heterocycles. The lowest BCUT2D eigenvalue weighted by Crippen LogP contribution is -2.57. The number of hydrogen-bond donors (Lipinski definition) is 0. The van der Waals surface area contributed by atoms with E-state index < -0.39 is 23.8 Å². The summed E-state index contributed by atoms with van der Waals surface area (Å²) in [5, 5.41) is 0. The molecule has 5 nitrogen and oxygen atoms in total. The van der Waals surface area contributed by atoms with Gasteiger partial charge in [-0.3, -0.25) is 4.90 Å². The minimum atomic E-state index is -0.613. The van der Waals surface area contributed by atoms with Gasteiger partial charge in [0.15, 0.2) is 6.23 Å². The van der Waals surface area contributed by atoms with Crippen LogP contribution in [-0.4, -0.2) is 29.2 Å². The van der Waals surface area contributed by atoms with Gasteiger partial charge in [0.05, 0.1) is 0 Å². The molecule has 0 spiro atoms. The first-order valence-electron chi connectivity index (χ1n) is 12.6. The molecule has 4 aliphatic carbocycles. The lowest BCUT2D eigenvalue weighted by atomic mass is 9.39. The molecule has 6 rings (SSSR count). The molecule has 0 radical (unpaired) electrons. The van der Waals surface area contributed by atoms with Crippen LogP contribution in [0.5, 0.6) is 0 Å². The van der Waals surface area contributed by atoms with E-state index in [0.717, 1.165) is 24.3 Å². The van der Waals surface area contributed by atoms with Crippen LogP contribution in [-0.2, 0) is 20.9 Å². The molecule has 1 aromatic rings. The SMILES string of the molecule is CC(C)(C)[C@@H]1OC(=O)[C@H](CC23CC4C[C@@](C)(C2)C[C@](C)(C4)C3)N1C(=O)OCc1ccccc1. The molecule has 1 amide bonds. The fraction of sp³-hybridized carbons (Fsp3) is 0.714. The maximum absolute atomic E-state index is 13.4. The van der Waals surface area contributed by atoms with Crippen LogP contribution in [0.15, 0.2) is 30.3 Å². The lowest BCUT2D eigenvalue weighted by molar-refractivity contribution is -0.157. The summed E-state index contributed by atoms with van der Waals surface area (Å²) in [4.78, 5) is 28.3. The Bertz CT molecular complexity index is 917. The van der Waals surface area contributed by atoms with Gasteiger partial charge in [0.25, 0.3) is 0 Å². The molecule has 0 N–H and O–H groups in total. The number of hydrogen-bond acceptors (Lipinski definition) is 4. The quantitative estimate of drug-likeness (QED) is 0.501. The number of benzene rings is 1. The highest BCUT2D eigenvalue weighted by molar-refractivity contribution is 5.84. The monoisotopic (exact) mass is 453 g/mol. The molecule has 0 aromatic heterocycles. The van der Waals surface area contributed by atoms with Gasteiger partial charge in [0.1, 0.15) is 12.6 Å². The first-order chi connectivity index (χ1) is 15.4. The number of esters is 1. The maximum Gasteiger partial charge on any atom is 0.413 e. The molecule has 33 heavy (non-hydrogen) atoms. The molecule has 1 aliphatic heterocycles. The topological polar surface area (TPSA) is 55.8 Å². The molecule has 5 heteroatoms. The summed E-state index contributed by atoms with van der Waals surface area (Å²) in [7, 11) is 0. The van der Waals surface area contributed by atoms with E-state index in [1.165, 1.54) is 25.7 Å². The summed E-state index contributed by atoms with van der Waals surface area (Å²) in [6.45, 7) is 11.1. The van der Waals surface area contributed by atoms with E-state index in [1.54, 1.807) is 4.90 Å². The van der Waals surface area contributed by atoms with Gasteiger partial charge in [-0.15, -0.1) is 0 Å². The van der Waals surface area contributed by atoms with Crippen molar-refractivity contribution in [2.24, 2.45) is 27.6 Å². The lowest BCUT2D eigenvalue weighted by Gasteiger charge is -2.66. The Morgan fingerprint density at radius 2 is 1.70 bits per heavy atom. The van der Waals surface area contributed by atoms with Crippen LogP contribution in [0.1, 0.15) is 85.1 Å². The first-order valence-corrected chi connectivity index (χ1v) is 12.6. The Hall–Kier alpha value is -2.04. The second kappa shape index (κ2) is 7.48. The molecule has 2 unspecified atom stereocenters. The van der Waals surface area contributed by atoms with Gasteiger partial charge in [-0.1, -0.05) is 65.0 Å². The Labute approximate surface area is 198 Å². The minimum Gasteiger partial charge on any atom is -0.444 e. The van der Waals surface area contributed by atoms with Crippen molar-refractivity contribution in [1.29, 1.82) is 0 Å². The van der Waals surface area contributed by atoms with E-state index >= 15 is 0 Å². The third-order valence-electron chi connectivity index (χ3n) is 8.61. The zero-order chi connectivity index (χ0) is 23.6. The van der Waals surface area contributed by atoms with E-state index in [-0.39, 0.29) is 18.0 Å². The number of cyclic esters (lactones) is 1. The van der Waals surface area contributed by atoms with Gasteiger partial charge in [0, 0.05) is 5.41 Å². The van der Waals surface area contributed by atoms with Crippen LogP contribution in [0.2, 0.25) is 0 Å². The molecule has 4 bridgehead atoms. The van der Waals surface area contributed by atoms with Crippen molar-refractivity contribution in [3.8, 4) is 0 Å². The number of ether oxygens (including phenoxy) is 2. The molecule has 180 valence electrons. The molecule has 4 saturated carbocycles. The standard InChI is InChI=1S/C28H39NO4/c1-25(2,3)23-29(24(31)32-15-19-9-7-6-8-10-19)21(22(30)33-23)14-28-13-20-11-26(4,17-28)16-27(5,12-20)18-28/h6-10,20-21,23H,11-18H2,1-5H3/t20?,21-,23-,26-,27+,28?/m0/s1. The third kappa shape index (κ3) is 4.17. The number of carbonyl (C=O) groups excluding carboxylic acids is 2. The summed E-state index contributed by atoms with van der Waals surface area (Å²) < 4.78 is 11.6. The second-order valence-corrected chi connectivity index (χ2v) is 13.5. The molecule has 6 atom stereocenters. The minimum absolute atomic E-state index is 0.108. The Morgan fingerprint density at radius 3 is 2.27 bits per heavy atom. The van der Waals surface area contributed by atoms with Gasteiger partial charge in [-0.05, 0) is 72.7 Å². The number of carbonyl (C=O) groups is 2. The Morgan fingerprint density at radius 1 is 1.06 bits per heavy atom. The molecular formula is C28H39NO4. The van der Waals surface area contributed by atoms with Crippen molar-refractivity contribution in [2.75, 3.05) is 0 Å². The van der Waals surface area contributed by atoms with E-state index in [4.69, 9.17) is 9.47 Å². The zero-order valence-corrected chi connectivity index (χ0v) is 20.9. The summed E-state index contributed by atoms with van der Waals surface area (Å²) in [5.74, 6) is 0.475. The number of rotatable bonds is 4. The van der Waals surface area contributed by atoms with Crippen molar-refractivity contribution < 1.29 is 19.1 Å². The molecule has 1 saturated heterocycles. The highest BCUT2D eigenvalue weighted by atomic mass is 16.6. The van der Waals surface area contributed by atoms with Crippen molar-refractivity contribution >= 4 is 12.1 Å². The smallest absolute Gasteiger partial charge is 0.413 e. The molecule has 1 aromatic carbocycles. The maximum atomic E-state index is 13.4. The Balaban J connectivity index is 1.40. The fourth-order valence-corrected chi connectivity index (χ4v) is 8.64. The summed E-state index contributed by atoms with van der Waals surface area (Å²) >= 11 is 0. The highest BCUT2D eigenvalue weighted by Crippen LogP contribution is 2.70. The van der Waals surface area contributed by atoms with Crippen molar-refractivity contribution in [3.05, 3.63) is 35.9 Å². The first kappa shape index (κ1) is 22.7. The number of nitrogens with zero attached hydrogens (tertiary/aromatic N) is 1. The predicted molar refractivity (Wildman–Crippen MR) is 126 cm³/mol. The third-order valence-corrected chi connectivity index (χ3v) is 8.61. The normalized spacial score (nSPS) is 39.6. The number of amides is 1. The molecule has 5 fully saturated rings. The van der Waals surface area contributed by atoms with Gasteiger partial charge >= 0.3 is 12.1 Å². The van der Waals surface area contributed by atoms with Gasteiger partial charge in [-0.2, -0.15) is 0 Å². The second-order valence-electron chi connectivity index (χ2n) is 13.5. The van der Waals surface area contributed by atoms with E-state index in [0.29, 0.717) is 17.3 Å². The van der Waals surface area contributed by atoms with Gasteiger partial charge in [0.2, 0.25) is 0 Å². The van der Waals surface area contributed by atoms with E-state index in [2.05, 4.69) is 13.8 Å². The summed E-state index contributed by atoms with van der Waals surface area (Å²) in [6.07, 6.45) is 7.04. The molecular weight excluding hydrogens is 414 g/mol. The van der Waals surface area contributed by atoms with Crippen molar-refractivity contribution in [2.45, 2.75) is 98.4 Å². The van der Waals surface area contributed by atoms with Gasteiger partial charge < -0.3 is 9.47 Å². The van der Waals surface area contributed by atoms with E-state index in [1.807, 2.05) is 51.1 Å². The summed E-state index contributed by atoms with van der Waals surface area (Å²) in [5.41, 5.74) is 1.37.